The van der Waals surface area contributed by atoms with E-state index in [0.717, 1.165) is 17.5 Å². The lowest BCUT2D eigenvalue weighted by molar-refractivity contribution is 0.0576. The largest absolute Gasteiger partial charge is 0.394 e. The molecule has 1 N–H and O–H groups in total. The van der Waals surface area contributed by atoms with Gasteiger partial charge in [-0.05, 0) is 12.5 Å². The van der Waals surface area contributed by atoms with Crippen molar-refractivity contribution in [2.75, 3.05) is 13.2 Å². The molecule has 0 bridgehead atoms. The summed E-state index contributed by atoms with van der Waals surface area (Å²) in [4.78, 5) is 8.19. The average Bonchev–Trinajstić information content (AvgIpc) is 2.94. The Kier molecular flexibility index (Phi) is 2.74. The summed E-state index contributed by atoms with van der Waals surface area (Å²) in [6.07, 6.45) is 4.12. The topological polar surface area (TPSA) is 60.2 Å². The van der Waals surface area contributed by atoms with Gasteiger partial charge >= 0.3 is 0 Å². The van der Waals surface area contributed by atoms with Crippen LogP contribution in [0.1, 0.15) is 12.5 Å². The lowest BCUT2D eigenvalue weighted by atomic mass is 10.2. The van der Waals surface area contributed by atoms with Crippen LogP contribution in [0.4, 0.5) is 0 Å². The molecule has 0 saturated carbocycles. The fourth-order valence-corrected chi connectivity index (χ4v) is 2.43. The van der Waals surface area contributed by atoms with E-state index in [9.17, 15) is 0 Å². The number of halogens is 1. The van der Waals surface area contributed by atoms with Crippen LogP contribution < -0.4 is 0 Å². The molecular formula is C11H12ClN3O2. The van der Waals surface area contributed by atoms with Crippen LogP contribution in [-0.2, 0) is 4.74 Å². The van der Waals surface area contributed by atoms with Crippen molar-refractivity contribution in [3.8, 4) is 0 Å². The van der Waals surface area contributed by atoms with Gasteiger partial charge in [0.2, 0.25) is 0 Å². The number of hydrogen-bond donors (Lipinski definition) is 1. The Hall–Kier alpha value is -1.17. The van der Waals surface area contributed by atoms with Crippen molar-refractivity contribution in [3.05, 3.63) is 23.7 Å². The maximum atomic E-state index is 9.06. The first-order valence-electron chi connectivity index (χ1n) is 5.49. The van der Waals surface area contributed by atoms with E-state index in [1.165, 1.54) is 6.33 Å². The zero-order chi connectivity index (χ0) is 11.8. The number of rotatable bonds is 2. The van der Waals surface area contributed by atoms with Crippen LogP contribution in [0.25, 0.3) is 11.0 Å². The van der Waals surface area contributed by atoms with Crippen LogP contribution in [0, 0.1) is 0 Å². The fourth-order valence-electron chi connectivity index (χ4n) is 2.24. The molecule has 17 heavy (non-hydrogen) atoms. The van der Waals surface area contributed by atoms with Gasteiger partial charge in [-0.2, -0.15) is 0 Å². The maximum absolute atomic E-state index is 9.06. The van der Waals surface area contributed by atoms with Crippen molar-refractivity contribution >= 4 is 22.6 Å². The number of aliphatic hydroxyl groups excluding tert-OH is 1. The van der Waals surface area contributed by atoms with Gasteiger partial charge < -0.3 is 14.4 Å². The molecule has 6 heteroatoms. The first-order valence-corrected chi connectivity index (χ1v) is 5.87. The van der Waals surface area contributed by atoms with Crippen LogP contribution >= 0.6 is 11.6 Å². The zero-order valence-corrected chi connectivity index (χ0v) is 9.84. The third-order valence-corrected chi connectivity index (χ3v) is 3.42. The Morgan fingerprint density at radius 1 is 1.53 bits per heavy atom. The molecule has 1 fully saturated rings. The summed E-state index contributed by atoms with van der Waals surface area (Å²) >= 11 is 6.00. The summed E-state index contributed by atoms with van der Waals surface area (Å²) in [6.45, 7) is 0.655. The van der Waals surface area contributed by atoms with Gasteiger partial charge in [0.1, 0.15) is 17.1 Å². The molecule has 1 saturated heterocycles. The van der Waals surface area contributed by atoms with E-state index in [4.69, 9.17) is 21.4 Å². The summed E-state index contributed by atoms with van der Waals surface area (Å²) < 4.78 is 7.51. The van der Waals surface area contributed by atoms with Crippen LogP contribution in [-0.4, -0.2) is 39.0 Å². The second-order valence-corrected chi connectivity index (χ2v) is 4.51. The number of fused-ring (bicyclic) bond motifs is 1. The van der Waals surface area contributed by atoms with E-state index in [0.29, 0.717) is 11.8 Å². The van der Waals surface area contributed by atoms with Gasteiger partial charge in [0.05, 0.1) is 30.7 Å². The standard InChI is InChI=1S/C11H12ClN3O2/c12-10-9-1-2-15(11(9)14-6-13-10)7-3-8(4-16)17-5-7/h1-2,6-8,16H,3-5H2/t7-,8?/m1/s1. The first kappa shape index (κ1) is 11.0. The molecule has 3 heterocycles. The Labute approximate surface area is 103 Å². The smallest absolute Gasteiger partial charge is 0.145 e. The zero-order valence-electron chi connectivity index (χ0n) is 9.08. The third-order valence-electron chi connectivity index (χ3n) is 3.12. The van der Waals surface area contributed by atoms with Crippen LogP contribution in [0.5, 0.6) is 0 Å². The van der Waals surface area contributed by atoms with Gasteiger partial charge in [0.25, 0.3) is 0 Å². The number of aromatic nitrogens is 3. The molecule has 1 aliphatic rings. The van der Waals surface area contributed by atoms with Crippen molar-refractivity contribution < 1.29 is 9.84 Å². The normalized spacial score (nSPS) is 24.6. The van der Waals surface area contributed by atoms with Gasteiger partial charge in [0.15, 0.2) is 0 Å². The molecule has 5 nitrogen and oxygen atoms in total. The molecule has 0 spiro atoms. The molecule has 1 unspecified atom stereocenters. The highest BCUT2D eigenvalue weighted by molar-refractivity contribution is 6.33. The Morgan fingerprint density at radius 2 is 2.41 bits per heavy atom. The van der Waals surface area contributed by atoms with E-state index in [1.807, 2.05) is 16.8 Å². The van der Waals surface area contributed by atoms with E-state index in [1.54, 1.807) is 0 Å². The van der Waals surface area contributed by atoms with E-state index in [2.05, 4.69) is 9.97 Å². The lowest BCUT2D eigenvalue weighted by Gasteiger charge is -2.11. The predicted octanol–water partition coefficient (Wildman–Crippen LogP) is 1.41. The van der Waals surface area contributed by atoms with Gasteiger partial charge in [-0.1, -0.05) is 11.6 Å². The van der Waals surface area contributed by atoms with E-state index in [-0.39, 0.29) is 18.8 Å². The van der Waals surface area contributed by atoms with Crippen LogP contribution in [0.3, 0.4) is 0 Å². The monoisotopic (exact) mass is 253 g/mol. The Bertz CT molecular complexity index is 542. The minimum Gasteiger partial charge on any atom is -0.394 e. The van der Waals surface area contributed by atoms with Gasteiger partial charge in [-0.3, -0.25) is 0 Å². The minimum absolute atomic E-state index is 0.0610. The SMILES string of the molecule is OCC1C[C@@H](n2ccc3c(Cl)ncnc32)CO1. The van der Waals surface area contributed by atoms with Gasteiger partial charge in [-0.15, -0.1) is 0 Å². The van der Waals surface area contributed by atoms with Crippen molar-refractivity contribution in [3.63, 3.8) is 0 Å². The molecule has 1 aliphatic heterocycles. The van der Waals surface area contributed by atoms with E-state index >= 15 is 0 Å². The number of aliphatic hydroxyl groups is 1. The predicted molar refractivity (Wildman–Crippen MR) is 63.0 cm³/mol. The highest BCUT2D eigenvalue weighted by Gasteiger charge is 2.27. The van der Waals surface area contributed by atoms with Crippen molar-refractivity contribution in [1.82, 2.24) is 14.5 Å². The summed E-state index contributed by atoms with van der Waals surface area (Å²) in [5.41, 5.74) is 0.817. The van der Waals surface area contributed by atoms with Crippen molar-refractivity contribution in [1.29, 1.82) is 0 Å². The molecule has 2 aromatic heterocycles. The van der Waals surface area contributed by atoms with Crippen LogP contribution in [0.2, 0.25) is 5.15 Å². The van der Waals surface area contributed by atoms with Gasteiger partial charge in [0, 0.05) is 6.20 Å². The molecule has 2 aromatic rings. The highest BCUT2D eigenvalue weighted by Crippen LogP contribution is 2.29. The van der Waals surface area contributed by atoms with Crippen molar-refractivity contribution in [2.24, 2.45) is 0 Å². The van der Waals surface area contributed by atoms with Gasteiger partial charge in [-0.25, -0.2) is 9.97 Å². The molecular weight excluding hydrogens is 242 g/mol. The molecule has 2 atom stereocenters. The summed E-state index contributed by atoms with van der Waals surface area (Å²) in [7, 11) is 0. The second kappa shape index (κ2) is 4.25. The summed E-state index contributed by atoms with van der Waals surface area (Å²) in [6, 6.07) is 2.11. The summed E-state index contributed by atoms with van der Waals surface area (Å²) in [5, 5.41) is 10.4. The molecule has 0 aliphatic carbocycles. The molecule has 3 rings (SSSR count). The average molecular weight is 254 g/mol. The quantitative estimate of drug-likeness (QED) is 0.822. The molecule has 90 valence electrons. The summed E-state index contributed by atoms with van der Waals surface area (Å²) in [5.74, 6) is 0. The second-order valence-electron chi connectivity index (χ2n) is 4.15. The van der Waals surface area contributed by atoms with Crippen LogP contribution in [0.15, 0.2) is 18.6 Å². The fraction of sp³-hybridized carbons (Fsp3) is 0.455. The first-order chi connectivity index (χ1) is 8.29. The molecule has 0 radical (unpaired) electrons. The Morgan fingerprint density at radius 3 is 3.18 bits per heavy atom. The van der Waals surface area contributed by atoms with E-state index < -0.39 is 0 Å². The lowest BCUT2D eigenvalue weighted by Crippen LogP contribution is -2.11. The molecule has 0 aromatic carbocycles. The molecule has 0 amide bonds. The Balaban J connectivity index is 1.99. The maximum Gasteiger partial charge on any atom is 0.145 e. The third kappa shape index (κ3) is 1.80. The minimum atomic E-state index is -0.0743. The van der Waals surface area contributed by atoms with Crippen molar-refractivity contribution in [2.45, 2.75) is 18.6 Å². The number of ether oxygens (including phenoxy) is 1. The number of nitrogens with zero attached hydrogens (tertiary/aromatic N) is 3. The number of hydrogen-bond acceptors (Lipinski definition) is 4. The highest BCUT2D eigenvalue weighted by atomic mass is 35.5.